The van der Waals surface area contributed by atoms with Crippen LogP contribution in [-0.2, 0) is 24.5 Å². The highest BCUT2D eigenvalue weighted by Gasteiger charge is 2.24. The number of ether oxygens (including phenoxy) is 6. The maximum Gasteiger partial charge on any atom is 0.330 e. The molecule has 6 aromatic rings. The molecule has 2 unspecified atom stereocenters. The van der Waals surface area contributed by atoms with Gasteiger partial charge in [-0.25, -0.2) is 9.59 Å². The van der Waals surface area contributed by atoms with Crippen molar-refractivity contribution in [3.05, 3.63) is 194 Å². The molecule has 0 radical (unpaired) electrons. The molecule has 6 rings (SSSR count). The van der Waals surface area contributed by atoms with E-state index in [9.17, 15) is 9.59 Å². The zero-order valence-corrected chi connectivity index (χ0v) is 33.3. The molecule has 0 saturated carbocycles. The van der Waals surface area contributed by atoms with Crippen molar-refractivity contribution in [3.63, 3.8) is 0 Å². The Morgan fingerprint density at radius 3 is 1.00 bits per heavy atom. The van der Waals surface area contributed by atoms with Gasteiger partial charge in [-0.15, -0.1) is 0 Å². The second-order valence-corrected chi connectivity index (χ2v) is 14.2. The first-order valence-electron chi connectivity index (χ1n) is 19.4. The van der Waals surface area contributed by atoms with Gasteiger partial charge in [-0.2, -0.15) is 0 Å². The van der Waals surface area contributed by atoms with Crippen LogP contribution in [0.25, 0.3) is 22.3 Å². The van der Waals surface area contributed by atoms with Gasteiger partial charge in [0.2, 0.25) is 0 Å². The van der Waals surface area contributed by atoms with E-state index in [1.807, 2.05) is 133 Å². The molecular weight excluding hydrogens is 741 g/mol. The molecule has 0 spiro atoms. The summed E-state index contributed by atoms with van der Waals surface area (Å²) in [6.07, 6.45) is 0.914. The maximum atomic E-state index is 12.1. The molecule has 8 heteroatoms. The minimum absolute atomic E-state index is 0.0908. The Morgan fingerprint density at radius 2 is 0.712 bits per heavy atom. The van der Waals surface area contributed by atoms with E-state index in [0.29, 0.717) is 23.0 Å². The molecule has 0 bridgehead atoms. The van der Waals surface area contributed by atoms with Crippen LogP contribution in [0.2, 0.25) is 0 Å². The van der Waals surface area contributed by atoms with Crippen LogP contribution in [0.5, 0.6) is 23.0 Å². The van der Waals surface area contributed by atoms with Gasteiger partial charge in [0.15, 0.2) is 12.2 Å². The topological polar surface area (TPSA) is 89.5 Å². The normalized spacial score (nSPS) is 12.0. The van der Waals surface area contributed by atoms with Crippen LogP contribution in [0.15, 0.2) is 183 Å². The second kappa shape index (κ2) is 20.4. The van der Waals surface area contributed by atoms with Crippen LogP contribution in [-0.4, -0.2) is 50.6 Å². The Hall–Kier alpha value is -7.06. The third-order valence-electron chi connectivity index (χ3n) is 9.72. The average Bonchev–Trinajstić information content (AvgIpc) is 3.29. The molecule has 0 N–H and O–H groups in total. The van der Waals surface area contributed by atoms with Gasteiger partial charge in [0.1, 0.15) is 49.4 Å². The SMILES string of the molecule is C=CC(=O)OC(COc1ccc(-c2ccccc2)cc1)COc1ccc(C(C)(C)c2ccc(OCC(COc3ccc(-c4ccccc4)cc3)OC(=O)C=C)cc2)cc1. The number of hydrogen-bond donors (Lipinski definition) is 0. The zero-order valence-electron chi connectivity index (χ0n) is 33.3. The summed E-state index contributed by atoms with van der Waals surface area (Å²) in [6, 6.07) is 51.3. The summed E-state index contributed by atoms with van der Waals surface area (Å²) in [6.45, 7) is 11.7. The summed E-state index contributed by atoms with van der Waals surface area (Å²) < 4.78 is 35.1. The molecule has 0 aliphatic rings. The zero-order chi connectivity index (χ0) is 41.5. The summed E-state index contributed by atoms with van der Waals surface area (Å²) in [4.78, 5) is 24.2. The van der Waals surface area contributed by atoms with Crippen LogP contribution in [0.4, 0.5) is 0 Å². The van der Waals surface area contributed by atoms with E-state index >= 15 is 0 Å². The summed E-state index contributed by atoms with van der Waals surface area (Å²) in [5.41, 5.74) is 6.17. The van der Waals surface area contributed by atoms with Gasteiger partial charge in [-0.05, 0) is 81.9 Å². The summed E-state index contributed by atoms with van der Waals surface area (Å²) in [5, 5.41) is 0. The van der Waals surface area contributed by atoms with Crippen molar-refractivity contribution in [1.29, 1.82) is 0 Å². The lowest BCUT2D eigenvalue weighted by molar-refractivity contribution is -0.147. The Kier molecular flexibility index (Phi) is 14.4. The molecule has 6 aromatic carbocycles. The van der Waals surface area contributed by atoms with E-state index in [0.717, 1.165) is 45.5 Å². The molecular formula is C51H48O8. The third kappa shape index (κ3) is 12.0. The molecule has 300 valence electrons. The maximum absolute atomic E-state index is 12.1. The lowest BCUT2D eigenvalue weighted by Gasteiger charge is -2.27. The molecule has 0 aliphatic carbocycles. The number of benzene rings is 6. The number of esters is 2. The Balaban J connectivity index is 1.01. The number of carbonyl (C=O) groups is 2. The van der Waals surface area contributed by atoms with Crippen molar-refractivity contribution in [2.45, 2.75) is 31.5 Å². The summed E-state index contributed by atoms with van der Waals surface area (Å²) >= 11 is 0. The lowest BCUT2D eigenvalue weighted by Crippen LogP contribution is -2.30. The van der Waals surface area contributed by atoms with Crippen LogP contribution < -0.4 is 18.9 Å². The molecule has 0 amide bonds. The monoisotopic (exact) mass is 788 g/mol. The highest BCUT2D eigenvalue weighted by molar-refractivity contribution is 5.81. The van der Waals surface area contributed by atoms with Crippen molar-refractivity contribution < 1.29 is 38.0 Å². The molecule has 0 heterocycles. The van der Waals surface area contributed by atoms with E-state index in [-0.39, 0.29) is 31.8 Å². The fourth-order valence-corrected chi connectivity index (χ4v) is 6.26. The average molecular weight is 789 g/mol. The van der Waals surface area contributed by atoms with Crippen molar-refractivity contribution in [2.75, 3.05) is 26.4 Å². The third-order valence-corrected chi connectivity index (χ3v) is 9.72. The number of carbonyl (C=O) groups excluding carboxylic acids is 2. The number of rotatable bonds is 20. The molecule has 0 fully saturated rings. The van der Waals surface area contributed by atoms with E-state index in [1.54, 1.807) is 0 Å². The first-order valence-corrected chi connectivity index (χ1v) is 19.4. The number of hydrogen-bond acceptors (Lipinski definition) is 8. The van der Waals surface area contributed by atoms with Crippen molar-refractivity contribution in [3.8, 4) is 45.3 Å². The van der Waals surface area contributed by atoms with E-state index in [4.69, 9.17) is 28.4 Å². The van der Waals surface area contributed by atoms with Gasteiger partial charge in [-0.3, -0.25) is 0 Å². The van der Waals surface area contributed by atoms with Gasteiger partial charge in [0.05, 0.1) is 0 Å². The van der Waals surface area contributed by atoms with Crippen molar-refractivity contribution in [1.82, 2.24) is 0 Å². The van der Waals surface area contributed by atoms with Crippen molar-refractivity contribution in [2.24, 2.45) is 0 Å². The highest BCUT2D eigenvalue weighted by atomic mass is 16.6. The Labute approximate surface area is 346 Å². The van der Waals surface area contributed by atoms with E-state index in [1.165, 1.54) is 0 Å². The predicted octanol–water partition coefficient (Wildman–Crippen LogP) is 10.5. The van der Waals surface area contributed by atoms with E-state index in [2.05, 4.69) is 51.3 Å². The van der Waals surface area contributed by atoms with Gasteiger partial charge in [0.25, 0.3) is 0 Å². The largest absolute Gasteiger partial charge is 0.490 e. The van der Waals surface area contributed by atoms with Gasteiger partial charge in [0, 0.05) is 17.6 Å². The predicted molar refractivity (Wildman–Crippen MR) is 231 cm³/mol. The van der Waals surface area contributed by atoms with Crippen LogP contribution >= 0.6 is 0 Å². The summed E-state index contributed by atoms with van der Waals surface area (Å²) in [7, 11) is 0. The van der Waals surface area contributed by atoms with E-state index < -0.39 is 24.1 Å². The molecule has 0 saturated heterocycles. The second-order valence-electron chi connectivity index (χ2n) is 14.2. The fraction of sp³-hybridized carbons (Fsp3) is 0.176. The molecule has 8 nitrogen and oxygen atoms in total. The Morgan fingerprint density at radius 1 is 0.441 bits per heavy atom. The quantitative estimate of drug-likeness (QED) is 0.0558. The first kappa shape index (κ1) is 41.6. The Bertz CT molecular complexity index is 2090. The molecule has 59 heavy (non-hydrogen) atoms. The lowest BCUT2D eigenvalue weighted by atomic mass is 9.78. The standard InChI is InChI=1S/C51H48O8/c1-5-49(52)58-47(33-54-43-25-17-39(18-26-43)37-13-9-7-10-14-37)35-56-45-29-21-41(22-30-45)51(3,4)42-23-31-46(32-24-42)57-36-48(59-50(53)6-2)34-55-44-27-19-40(20-28-44)38-15-11-8-12-16-38/h5-32,47-48H,1-2,33-36H2,3-4H3. The summed E-state index contributed by atoms with van der Waals surface area (Å²) in [5.74, 6) is 1.45. The van der Waals surface area contributed by atoms with Gasteiger partial charge < -0.3 is 28.4 Å². The minimum atomic E-state index is -0.666. The highest BCUT2D eigenvalue weighted by Crippen LogP contribution is 2.34. The van der Waals surface area contributed by atoms with Gasteiger partial charge in [-0.1, -0.05) is 136 Å². The van der Waals surface area contributed by atoms with Crippen LogP contribution in [0.1, 0.15) is 25.0 Å². The van der Waals surface area contributed by atoms with Crippen LogP contribution in [0.3, 0.4) is 0 Å². The van der Waals surface area contributed by atoms with Gasteiger partial charge >= 0.3 is 11.9 Å². The first-order chi connectivity index (χ1) is 28.7. The fourth-order valence-electron chi connectivity index (χ4n) is 6.26. The smallest absolute Gasteiger partial charge is 0.330 e. The van der Waals surface area contributed by atoms with Crippen molar-refractivity contribution >= 4 is 11.9 Å². The molecule has 2 atom stereocenters. The minimum Gasteiger partial charge on any atom is -0.490 e. The van der Waals surface area contributed by atoms with Crippen LogP contribution in [0, 0.1) is 0 Å². The molecule has 0 aliphatic heterocycles. The molecule has 0 aromatic heterocycles.